The van der Waals surface area contributed by atoms with Crippen LogP contribution in [0.1, 0.15) is 56.2 Å². The Labute approximate surface area is 127 Å². The molecular weight excluding hydrogens is 258 g/mol. The van der Waals surface area contributed by atoms with Crippen LogP contribution in [0.25, 0.3) is 0 Å². The van der Waals surface area contributed by atoms with Crippen molar-refractivity contribution in [2.24, 2.45) is 0 Å². The Morgan fingerprint density at radius 3 is 2.48 bits per heavy atom. The summed E-state index contributed by atoms with van der Waals surface area (Å²) in [5, 5.41) is 3.73. The zero-order valence-corrected chi connectivity index (χ0v) is 12.8. The van der Waals surface area contributed by atoms with Crippen LogP contribution >= 0.6 is 0 Å². The molecule has 1 aromatic carbocycles. The maximum atomic E-state index is 5.37. The molecule has 1 atom stereocenters. The van der Waals surface area contributed by atoms with Gasteiger partial charge in [-0.15, -0.1) is 0 Å². The molecule has 1 saturated carbocycles. The Bertz CT molecular complexity index is 526. The molecule has 0 amide bonds. The highest BCUT2D eigenvalue weighted by Crippen LogP contribution is 2.48. The highest BCUT2D eigenvalue weighted by Gasteiger charge is 2.41. The van der Waals surface area contributed by atoms with Crippen molar-refractivity contribution in [3.8, 4) is 0 Å². The molecule has 2 nitrogen and oxygen atoms in total. The second kappa shape index (κ2) is 6.48. The highest BCUT2D eigenvalue weighted by atomic mass is 16.3. The molecule has 0 aliphatic heterocycles. The van der Waals surface area contributed by atoms with Crippen molar-refractivity contribution < 1.29 is 4.42 Å². The van der Waals surface area contributed by atoms with Crippen LogP contribution < -0.4 is 5.32 Å². The molecule has 2 aromatic rings. The Morgan fingerprint density at radius 1 is 1.10 bits per heavy atom. The standard InChI is InChI=1S/C19H25NO/c1-2-20-18(16-11-14-21-15-16)19(12-7-4-8-13-19)17-9-5-3-6-10-17/h3,5-6,9-11,14-15,18,20H,2,4,7-8,12-13H2,1H3. The second-order valence-electron chi connectivity index (χ2n) is 6.13. The lowest BCUT2D eigenvalue weighted by Gasteiger charge is -2.44. The van der Waals surface area contributed by atoms with Crippen molar-refractivity contribution in [1.29, 1.82) is 0 Å². The van der Waals surface area contributed by atoms with Crippen molar-refractivity contribution >= 4 is 0 Å². The Morgan fingerprint density at radius 2 is 1.86 bits per heavy atom. The predicted octanol–water partition coefficient (Wildman–Crippen LogP) is 4.83. The maximum absolute atomic E-state index is 5.37. The van der Waals surface area contributed by atoms with E-state index >= 15 is 0 Å². The van der Waals surface area contributed by atoms with Gasteiger partial charge in [0.05, 0.1) is 12.5 Å². The number of rotatable bonds is 5. The van der Waals surface area contributed by atoms with Gasteiger partial charge in [-0.25, -0.2) is 0 Å². The van der Waals surface area contributed by atoms with Crippen LogP contribution in [-0.2, 0) is 5.41 Å². The van der Waals surface area contributed by atoms with Gasteiger partial charge in [0.25, 0.3) is 0 Å². The van der Waals surface area contributed by atoms with E-state index in [9.17, 15) is 0 Å². The van der Waals surface area contributed by atoms with Crippen LogP contribution in [0.3, 0.4) is 0 Å². The number of likely N-dealkylation sites (N-methyl/N-ethyl adjacent to an activating group) is 1. The summed E-state index contributed by atoms with van der Waals surface area (Å²) in [6.07, 6.45) is 10.2. The molecular formula is C19H25NO. The summed E-state index contributed by atoms with van der Waals surface area (Å²) in [6.45, 7) is 3.17. The fraction of sp³-hybridized carbons (Fsp3) is 0.474. The largest absolute Gasteiger partial charge is 0.472 e. The summed E-state index contributed by atoms with van der Waals surface area (Å²) in [6, 6.07) is 13.5. The van der Waals surface area contributed by atoms with E-state index in [1.807, 2.05) is 6.26 Å². The van der Waals surface area contributed by atoms with Gasteiger partial charge in [0.15, 0.2) is 0 Å². The highest BCUT2D eigenvalue weighted by molar-refractivity contribution is 5.32. The lowest BCUT2D eigenvalue weighted by molar-refractivity contribution is 0.215. The average molecular weight is 283 g/mol. The van der Waals surface area contributed by atoms with Gasteiger partial charge in [-0.05, 0) is 31.0 Å². The van der Waals surface area contributed by atoms with Crippen molar-refractivity contribution in [3.63, 3.8) is 0 Å². The van der Waals surface area contributed by atoms with Gasteiger partial charge in [-0.3, -0.25) is 0 Å². The van der Waals surface area contributed by atoms with E-state index in [0.29, 0.717) is 6.04 Å². The molecule has 3 rings (SSSR count). The van der Waals surface area contributed by atoms with Gasteiger partial charge in [0.1, 0.15) is 0 Å². The van der Waals surface area contributed by atoms with E-state index in [4.69, 9.17) is 4.42 Å². The fourth-order valence-electron chi connectivity index (χ4n) is 3.97. The van der Waals surface area contributed by atoms with Crippen LogP contribution in [0.2, 0.25) is 0 Å². The van der Waals surface area contributed by atoms with Crippen molar-refractivity contribution in [3.05, 3.63) is 60.1 Å². The van der Waals surface area contributed by atoms with Crippen molar-refractivity contribution in [1.82, 2.24) is 5.32 Å². The number of hydrogen-bond acceptors (Lipinski definition) is 2. The average Bonchev–Trinajstić information content (AvgIpc) is 3.08. The van der Waals surface area contributed by atoms with Gasteiger partial charge in [-0.1, -0.05) is 56.5 Å². The van der Waals surface area contributed by atoms with Gasteiger partial charge in [0.2, 0.25) is 0 Å². The first kappa shape index (κ1) is 14.4. The lowest BCUT2D eigenvalue weighted by Crippen LogP contribution is -2.43. The van der Waals surface area contributed by atoms with Crippen molar-refractivity contribution in [2.75, 3.05) is 6.54 Å². The number of furan rings is 1. The van der Waals surface area contributed by atoms with Crippen molar-refractivity contribution in [2.45, 2.75) is 50.5 Å². The summed E-state index contributed by atoms with van der Waals surface area (Å²) in [4.78, 5) is 0. The third-order valence-electron chi connectivity index (χ3n) is 4.93. The zero-order chi connectivity index (χ0) is 14.5. The molecule has 2 heteroatoms. The minimum Gasteiger partial charge on any atom is -0.472 e. The third kappa shape index (κ3) is 2.77. The monoisotopic (exact) mass is 283 g/mol. The van der Waals surface area contributed by atoms with Crippen LogP contribution in [0.15, 0.2) is 53.3 Å². The zero-order valence-electron chi connectivity index (χ0n) is 12.8. The van der Waals surface area contributed by atoms with E-state index in [2.05, 4.69) is 48.6 Å². The normalized spacial score (nSPS) is 19.3. The molecule has 1 aliphatic carbocycles. The first-order valence-corrected chi connectivity index (χ1v) is 8.18. The first-order chi connectivity index (χ1) is 10.4. The fourth-order valence-corrected chi connectivity index (χ4v) is 3.97. The van der Waals surface area contributed by atoms with E-state index in [1.165, 1.54) is 43.2 Å². The molecule has 0 saturated heterocycles. The summed E-state index contributed by atoms with van der Waals surface area (Å²) in [5.74, 6) is 0. The molecule has 0 spiro atoms. The molecule has 1 fully saturated rings. The molecule has 1 aromatic heterocycles. The Hall–Kier alpha value is -1.54. The van der Waals surface area contributed by atoms with Gasteiger partial charge < -0.3 is 9.73 Å². The van der Waals surface area contributed by atoms with E-state index in [0.717, 1.165) is 6.54 Å². The Balaban J connectivity index is 2.04. The predicted molar refractivity (Wildman–Crippen MR) is 86.3 cm³/mol. The maximum Gasteiger partial charge on any atom is 0.0950 e. The van der Waals surface area contributed by atoms with Crippen LogP contribution in [0.5, 0.6) is 0 Å². The lowest BCUT2D eigenvalue weighted by atomic mass is 9.63. The van der Waals surface area contributed by atoms with Gasteiger partial charge in [-0.2, -0.15) is 0 Å². The molecule has 21 heavy (non-hydrogen) atoms. The molecule has 1 heterocycles. The summed E-state index contributed by atoms with van der Waals surface area (Å²) in [5.41, 5.74) is 2.94. The van der Waals surface area contributed by atoms with E-state index < -0.39 is 0 Å². The summed E-state index contributed by atoms with van der Waals surface area (Å²) >= 11 is 0. The van der Waals surface area contributed by atoms with Crippen LogP contribution in [0.4, 0.5) is 0 Å². The van der Waals surface area contributed by atoms with Crippen LogP contribution in [0, 0.1) is 0 Å². The smallest absolute Gasteiger partial charge is 0.0950 e. The minimum absolute atomic E-state index is 0.194. The van der Waals surface area contributed by atoms with E-state index in [1.54, 1.807) is 6.26 Å². The van der Waals surface area contributed by atoms with Gasteiger partial charge >= 0.3 is 0 Å². The molecule has 1 unspecified atom stereocenters. The molecule has 1 aliphatic rings. The summed E-state index contributed by atoms with van der Waals surface area (Å²) < 4.78 is 5.37. The van der Waals surface area contributed by atoms with E-state index in [-0.39, 0.29) is 5.41 Å². The molecule has 112 valence electrons. The van der Waals surface area contributed by atoms with Gasteiger partial charge in [0, 0.05) is 17.0 Å². The third-order valence-corrected chi connectivity index (χ3v) is 4.93. The minimum atomic E-state index is 0.194. The topological polar surface area (TPSA) is 25.2 Å². The first-order valence-electron chi connectivity index (χ1n) is 8.18. The molecule has 0 radical (unpaired) electrons. The Kier molecular flexibility index (Phi) is 4.45. The van der Waals surface area contributed by atoms with Crippen LogP contribution in [-0.4, -0.2) is 6.54 Å². The number of benzene rings is 1. The second-order valence-corrected chi connectivity index (χ2v) is 6.13. The molecule has 0 bridgehead atoms. The molecule has 1 N–H and O–H groups in total. The number of hydrogen-bond donors (Lipinski definition) is 1. The quantitative estimate of drug-likeness (QED) is 0.850. The number of nitrogens with one attached hydrogen (secondary N) is 1. The summed E-state index contributed by atoms with van der Waals surface area (Å²) in [7, 11) is 0. The SMILES string of the molecule is CCNC(c1ccoc1)C1(c2ccccc2)CCCCC1.